The summed E-state index contributed by atoms with van der Waals surface area (Å²) in [6.45, 7) is 8.73. The molecule has 2 aromatic rings. The Morgan fingerprint density at radius 2 is 2.20 bits per heavy atom. The number of piperidine rings is 1. The Morgan fingerprint density at radius 1 is 1.40 bits per heavy atom. The highest BCUT2D eigenvalue weighted by molar-refractivity contribution is 5.87. The summed E-state index contributed by atoms with van der Waals surface area (Å²) in [7, 11) is 0. The first kappa shape index (κ1) is 13.1. The summed E-state index contributed by atoms with van der Waals surface area (Å²) in [5, 5.41) is 0.605. The van der Waals surface area contributed by atoms with Crippen molar-refractivity contribution in [1.82, 2.24) is 15.0 Å². The number of anilines is 1. The average molecular weight is 272 g/mol. The van der Waals surface area contributed by atoms with Crippen molar-refractivity contribution < 1.29 is 0 Å². The number of fused-ring (bicyclic) bond motifs is 1. The Balaban J connectivity index is 2.10. The molecular formula is C15H20N4O. The summed E-state index contributed by atoms with van der Waals surface area (Å²) in [6.07, 6.45) is 4.36. The molecule has 1 fully saturated rings. The molecule has 1 saturated heterocycles. The van der Waals surface area contributed by atoms with Gasteiger partial charge in [0.05, 0.1) is 11.7 Å². The van der Waals surface area contributed by atoms with Gasteiger partial charge in [0.25, 0.3) is 5.56 Å². The van der Waals surface area contributed by atoms with Crippen molar-refractivity contribution in [1.29, 1.82) is 0 Å². The fraction of sp³-hybridized carbons (Fsp3) is 0.533. The Bertz CT molecular complexity index is 692. The zero-order valence-corrected chi connectivity index (χ0v) is 12.2. The van der Waals surface area contributed by atoms with E-state index in [9.17, 15) is 4.79 Å². The molecule has 0 amide bonds. The van der Waals surface area contributed by atoms with Gasteiger partial charge >= 0.3 is 0 Å². The summed E-state index contributed by atoms with van der Waals surface area (Å²) < 4.78 is 0. The molecule has 0 aromatic carbocycles. The van der Waals surface area contributed by atoms with E-state index in [-0.39, 0.29) is 11.0 Å². The van der Waals surface area contributed by atoms with E-state index in [1.165, 1.54) is 12.7 Å². The minimum atomic E-state index is -0.108. The van der Waals surface area contributed by atoms with Gasteiger partial charge in [-0.05, 0) is 23.8 Å². The molecule has 1 unspecified atom stereocenters. The second-order valence-electron chi connectivity index (χ2n) is 6.62. The highest BCUT2D eigenvalue weighted by atomic mass is 16.1. The monoisotopic (exact) mass is 272 g/mol. The van der Waals surface area contributed by atoms with Crippen LogP contribution in [-0.2, 0) is 0 Å². The van der Waals surface area contributed by atoms with Gasteiger partial charge in [-0.25, -0.2) is 9.97 Å². The van der Waals surface area contributed by atoms with Gasteiger partial charge in [-0.15, -0.1) is 0 Å². The van der Waals surface area contributed by atoms with Gasteiger partial charge < -0.3 is 9.88 Å². The summed E-state index contributed by atoms with van der Waals surface area (Å²) >= 11 is 0. The molecule has 0 aliphatic carbocycles. The summed E-state index contributed by atoms with van der Waals surface area (Å²) in [5.74, 6) is 1.44. The summed E-state index contributed by atoms with van der Waals surface area (Å²) in [5.41, 5.74) is 0.840. The van der Waals surface area contributed by atoms with E-state index in [2.05, 4.69) is 40.6 Å². The molecule has 20 heavy (non-hydrogen) atoms. The van der Waals surface area contributed by atoms with E-state index in [1.54, 1.807) is 12.3 Å². The first-order chi connectivity index (χ1) is 9.46. The van der Waals surface area contributed by atoms with Gasteiger partial charge in [0.15, 0.2) is 5.82 Å². The van der Waals surface area contributed by atoms with Crippen LogP contribution in [0.2, 0.25) is 0 Å². The summed E-state index contributed by atoms with van der Waals surface area (Å²) in [4.78, 5) is 25.6. The third-order valence-corrected chi connectivity index (χ3v) is 3.89. The van der Waals surface area contributed by atoms with Crippen LogP contribution in [0.5, 0.6) is 0 Å². The standard InChI is InChI=1S/C15H20N4O/c1-10-6-15(2,3)8-19(7-10)13-12-11(4-5-16-13)14(20)18-9-17-12/h4-5,9-10H,6-8H2,1-3H3,(H,17,18,20). The van der Waals surface area contributed by atoms with Gasteiger partial charge in [0, 0.05) is 19.3 Å². The molecule has 1 aliphatic rings. The number of aromatic amines is 1. The van der Waals surface area contributed by atoms with Crippen LogP contribution < -0.4 is 10.5 Å². The topological polar surface area (TPSA) is 61.9 Å². The van der Waals surface area contributed by atoms with Gasteiger partial charge in [0.1, 0.15) is 5.52 Å². The van der Waals surface area contributed by atoms with Crippen molar-refractivity contribution in [3.63, 3.8) is 0 Å². The number of hydrogen-bond donors (Lipinski definition) is 1. The molecule has 0 saturated carbocycles. The smallest absolute Gasteiger partial charge is 0.258 e. The van der Waals surface area contributed by atoms with Crippen LogP contribution >= 0.6 is 0 Å². The Hall–Kier alpha value is -1.91. The predicted molar refractivity (Wildman–Crippen MR) is 79.9 cm³/mol. The third-order valence-electron chi connectivity index (χ3n) is 3.89. The van der Waals surface area contributed by atoms with Crippen molar-refractivity contribution in [3.05, 3.63) is 28.9 Å². The lowest BCUT2D eigenvalue weighted by atomic mass is 9.79. The van der Waals surface area contributed by atoms with Crippen LogP contribution in [-0.4, -0.2) is 28.0 Å². The minimum absolute atomic E-state index is 0.108. The number of nitrogens with zero attached hydrogens (tertiary/aromatic N) is 3. The second-order valence-corrected chi connectivity index (χ2v) is 6.62. The van der Waals surface area contributed by atoms with E-state index in [1.807, 2.05) is 0 Å². The molecule has 0 radical (unpaired) electrons. The molecular weight excluding hydrogens is 252 g/mol. The fourth-order valence-corrected chi connectivity index (χ4v) is 3.41. The number of aromatic nitrogens is 3. The minimum Gasteiger partial charge on any atom is -0.354 e. The first-order valence-corrected chi connectivity index (χ1v) is 7.04. The molecule has 3 heterocycles. The van der Waals surface area contributed by atoms with Crippen LogP contribution in [0.25, 0.3) is 10.9 Å². The number of pyridine rings is 1. The highest BCUT2D eigenvalue weighted by Gasteiger charge is 2.32. The average Bonchev–Trinajstić information content (AvgIpc) is 2.36. The maximum absolute atomic E-state index is 11.9. The molecule has 3 rings (SSSR count). The van der Waals surface area contributed by atoms with E-state index in [0.29, 0.717) is 16.8 Å². The van der Waals surface area contributed by atoms with Crippen molar-refractivity contribution in [2.24, 2.45) is 11.3 Å². The number of hydrogen-bond acceptors (Lipinski definition) is 4. The van der Waals surface area contributed by atoms with Crippen molar-refractivity contribution in [2.45, 2.75) is 27.2 Å². The second kappa shape index (κ2) is 4.58. The van der Waals surface area contributed by atoms with Crippen LogP contribution in [0.1, 0.15) is 27.2 Å². The van der Waals surface area contributed by atoms with E-state index in [4.69, 9.17) is 0 Å². The first-order valence-electron chi connectivity index (χ1n) is 7.04. The van der Waals surface area contributed by atoms with Crippen molar-refractivity contribution >= 4 is 16.7 Å². The zero-order chi connectivity index (χ0) is 14.3. The Labute approximate surface area is 118 Å². The maximum Gasteiger partial charge on any atom is 0.258 e. The van der Waals surface area contributed by atoms with Crippen molar-refractivity contribution in [3.8, 4) is 0 Å². The Kier molecular flexibility index (Phi) is 3.00. The zero-order valence-electron chi connectivity index (χ0n) is 12.2. The van der Waals surface area contributed by atoms with Crippen molar-refractivity contribution in [2.75, 3.05) is 18.0 Å². The van der Waals surface area contributed by atoms with Crippen LogP contribution in [0, 0.1) is 11.3 Å². The molecule has 5 nitrogen and oxygen atoms in total. The normalized spacial score (nSPS) is 22.1. The largest absolute Gasteiger partial charge is 0.354 e. The third kappa shape index (κ3) is 2.28. The maximum atomic E-state index is 11.9. The van der Waals surface area contributed by atoms with Gasteiger partial charge in [-0.2, -0.15) is 0 Å². The highest BCUT2D eigenvalue weighted by Crippen LogP contribution is 2.35. The van der Waals surface area contributed by atoms with E-state index >= 15 is 0 Å². The lowest BCUT2D eigenvalue weighted by molar-refractivity contribution is 0.238. The van der Waals surface area contributed by atoms with Gasteiger partial charge in [0.2, 0.25) is 0 Å². The number of H-pyrrole nitrogens is 1. The quantitative estimate of drug-likeness (QED) is 0.864. The SMILES string of the molecule is CC1CN(c2nccc3c(=O)[nH]cnc23)CC(C)(C)C1. The molecule has 5 heteroatoms. The molecule has 0 spiro atoms. The number of rotatable bonds is 1. The molecule has 1 aliphatic heterocycles. The van der Waals surface area contributed by atoms with Crippen LogP contribution in [0.4, 0.5) is 5.82 Å². The lowest BCUT2D eigenvalue weighted by Gasteiger charge is -2.42. The number of nitrogens with one attached hydrogen (secondary N) is 1. The lowest BCUT2D eigenvalue weighted by Crippen LogP contribution is -2.44. The molecule has 106 valence electrons. The van der Waals surface area contributed by atoms with E-state index < -0.39 is 0 Å². The van der Waals surface area contributed by atoms with Crippen LogP contribution in [0.3, 0.4) is 0 Å². The van der Waals surface area contributed by atoms with Gasteiger partial charge in [-0.3, -0.25) is 4.79 Å². The molecule has 1 N–H and O–H groups in total. The van der Waals surface area contributed by atoms with Gasteiger partial charge in [-0.1, -0.05) is 20.8 Å². The molecule has 1 atom stereocenters. The fourth-order valence-electron chi connectivity index (χ4n) is 3.41. The van der Waals surface area contributed by atoms with Crippen LogP contribution in [0.15, 0.2) is 23.4 Å². The Morgan fingerprint density at radius 3 is 2.95 bits per heavy atom. The summed E-state index contributed by atoms with van der Waals surface area (Å²) in [6, 6.07) is 1.73. The molecule has 2 aromatic heterocycles. The predicted octanol–water partition coefficient (Wildman–Crippen LogP) is 2.19. The van der Waals surface area contributed by atoms with E-state index in [0.717, 1.165) is 18.9 Å². The molecule has 0 bridgehead atoms.